The maximum absolute atomic E-state index is 9.89. The van der Waals surface area contributed by atoms with E-state index in [1.165, 1.54) is 11.3 Å². The number of aliphatic hydroxyl groups is 2. The molecule has 2 rings (SSSR count). The van der Waals surface area contributed by atoms with Crippen LogP contribution >= 0.6 is 11.3 Å². The summed E-state index contributed by atoms with van der Waals surface area (Å²) in [5.74, 6) is 0. The van der Waals surface area contributed by atoms with Gasteiger partial charge in [-0.25, -0.2) is 0 Å². The van der Waals surface area contributed by atoms with Crippen LogP contribution in [0, 0.1) is 11.3 Å². The summed E-state index contributed by atoms with van der Waals surface area (Å²) in [6.45, 7) is 0. The van der Waals surface area contributed by atoms with Crippen molar-refractivity contribution in [3.8, 4) is 16.5 Å². The van der Waals surface area contributed by atoms with Gasteiger partial charge in [0.15, 0.2) is 0 Å². The van der Waals surface area contributed by atoms with Gasteiger partial charge in [-0.15, -0.1) is 11.3 Å². The fraction of sp³-hybridized carbons (Fsp3) is 0.214. The van der Waals surface area contributed by atoms with Gasteiger partial charge in [-0.3, -0.25) is 0 Å². The number of aliphatic hydroxyl groups excluding tert-OH is 2. The molecule has 3 nitrogen and oxygen atoms in total. The second-order valence-electron chi connectivity index (χ2n) is 3.94. The number of hydrogen-bond acceptors (Lipinski definition) is 4. The number of nitriles is 1. The first-order valence-electron chi connectivity index (χ1n) is 5.60. The van der Waals surface area contributed by atoms with Gasteiger partial charge >= 0.3 is 0 Å². The highest BCUT2D eigenvalue weighted by molar-refractivity contribution is 7.15. The van der Waals surface area contributed by atoms with Gasteiger partial charge in [0, 0.05) is 9.75 Å². The van der Waals surface area contributed by atoms with Gasteiger partial charge in [0.25, 0.3) is 0 Å². The number of nitrogens with zero attached hydrogens (tertiary/aromatic N) is 1. The molecule has 0 fully saturated rings. The highest BCUT2D eigenvalue weighted by Gasteiger charge is 2.19. The second-order valence-corrected chi connectivity index (χ2v) is 5.06. The standard InChI is InChI=1S/C14H13NO2S/c15-9-8-11(16)14(17)13-7-6-12(18-13)10-4-2-1-3-5-10/h1-7,11,14,16-17H,8H2. The fourth-order valence-electron chi connectivity index (χ4n) is 1.66. The van der Waals surface area contributed by atoms with E-state index in [1.54, 1.807) is 6.07 Å². The molecule has 1 heterocycles. The lowest BCUT2D eigenvalue weighted by Gasteiger charge is -2.12. The highest BCUT2D eigenvalue weighted by Crippen LogP contribution is 2.32. The Labute approximate surface area is 110 Å². The third-order valence-corrected chi connectivity index (χ3v) is 3.85. The number of benzene rings is 1. The number of thiophene rings is 1. The average Bonchev–Trinajstić information content (AvgIpc) is 2.89. The fourth-order valence-corrected chi connectivity index (χ4v) is 2.72. The minimum absolute atomic E-state index is 0.0697. The van der Waals surface area contributed by atoms with E-state index < -0.39 is 12.2 Å². The van der Waals surface area contributed by atoms with Crippen molar-refractivity contribution >= 4 is 11.3 Å². The quantitative estimate of drug-likeness (QED) is 0.887. The van der Waals surface area contributed by atoms with Crippen molar-refractivity contribution < 1.29 is 10.2 Å². The van der Waals surface area contributed by atoms with Crippen LogP contribution in [0.4, 0.5) is 0 Å². The molecule has 2 atom stereocenters. The Bertz CT molecular complexity index is 544. The molecule has 0 saturated carbocycles. The number of hydrogen-bond donors (Lipinski definition) is 2. The van der Waals surface area contributed by atoms with Gasteiger partial charge in [0.1, 0.15) is 6.10 Å². The van der Waals surface area contributed by atoms with Crippen molar-refractivity contribution in [2.75, 3.05) is 0 Å². The van der Waals surface area contributed by atoms with E-state index >= 15 is 0 Å². The summed E-state index contributed by atoms with van der Waals surface area (Å²) in [4.78, 5) is 1.71. The second kappa shape index (κ2) is 5.78. The van der Waals surface area contributed by atoms with E-state index in [0.717, 1.165) is 10.4 Å². The molecule has 1 aromatic carbocycles. The van der Waals surface area contributed by atoms with Crippen molar-refractivity contribution in [1.82, 2.24) is 0 Å². The first-order valence-corrected chi connectivity index (χ1v) is 6.42. The normalized spacial score (nSPS) is 13.8. The lowest BCUT2D eigenvalue weighted by Crippen LogP contribution is -2.16. The summed E-state index contributed by atoms with van der Waals surface area (Å²) < 4.78 is 0. The molecular formula is C14H13NO2S. The molecule has 0 amide bonds. The van der Waals surface area contributed by atoms with Crippen LogP contribution in [0.1, 0.15) is 17.4 Å². The van der Waals surface area contributed by atoms with Gasteiger partial charge in [-0.2, -0.15) is 5.26 Å². The molecule has 0 aliphatic rings. The molecule has 4 heteroatoms. The van der Waals surface area contributed by atoms with E-state index in [0.29, 0.717) is 4.88 Å². The molecule has 0 spiro atoms. The van der Waals surface area contributed by atoms with Crippen LogP contribution in [0.3, 0.4) is 0 Å². The molecule has 18 heavy (non-hydrogen) atoms. The number of rotatable bonds is 4. The molecular weight excluding hydrogens is 246 g/mol. The van der Waals surface area contributed by atoms with Gasteiger partial charge in [-0.05, 0) is 17.7 Å². The monoisotopic (exact) mass is 259 g/mol. The van der Waals surface area contributed by atoms with Gasteiger partial charge < -0.3 is 10.2 Å². The predicted molar refractivity (Wildman–Crippen MR) is 71.0 cm³/mol. The summed E-state index contributed by atoms with van der Waals surface area (Å²) in [5, 5.41) is 28.0. The molecule has 0 aliphatic heterocycles. The van der Waals surface area contributed by atoms with Crippen LogP contribution in [0.15, 0.2) is 42.5 Å². The van der Waals surface area contributed by atoms with E-state index in [2.05, 4.69) is 0 Å². The van der Waals surface area contributed by atoms with E-state index in [1.807, 2.05) is 42.5 Å². The Balaban J connectivity index is 2.19. The molecule has 2 aromatic rings. The Kier molecular flexibility index (Phi) is 4.11. The van der Waals surface area contributed by atoms with E-state index in [4.69, 9.17) is 5.26 Å². The minimum Gasteiger partial charge on any atom is -0.389 e. The molecule has 0 bridgehead atoms. The Morgan fingerprint density at radius 2 is 1.83 bits per heavy atom. The third kappa shape index (κ3) is 2.77. The topological polar surface area (TPSA) is 64.2 Å². The van der Waals surface area contributed by atoms with Crippen LogP contribution in [0.2, 0.25) is 0 Å². The largest absolute Gasteiger partial charge is 0.389 e. The Hall–Kier alpha value is -1.67. The van der Waals surface area contributed by atoms with Crippen LogP contribution < -0.4 is 0 Å². The van der Waals surface area contributed by atoms with Crippen molar-refractivity contribution in [1.29, 1.82) is 5.26 Å². The minimum atomic E-state index is -1.03. The summed E-state index contributed by atoms with van der Waals surface area (Å²) in [6.07, 6.45) is -2.09. The van der Waals surface area contributed by atoms with Crippen LogP contribution in [0.5, 0.6) is 0 Å². The Morgan fingerprint density at radius 1 is 1.11 bits per heavy atom. The highest BCUT2D eigenvalue weighted by atomic mass is 32.1. The van der Waals surface area contributed by atoms with Crippen molar-refractivity contribution in [3.63, 3.8) is 0 Å². The average molecular weight is 259 g/mol. The lowest BCUT2D eigenvalue weighted by molar-refractivity contribution is 0.0238. The third-order valence-electron chi connectivity index (χ3n) is 2.64. The van der Waals surface area contributed by atoms with E-state index in [-0.39, 0.29) is 6.42 Å². The SMILES string of the molecule is N#CCC(O)C(O)c1ccc(-c2ccccc2)s1. The summed E-state index contributed by atoms with van der Waals surface area (Å²) >= 11 is 1.43. The van der Waals surface area contributed by atoms with Gasteiger partial charge in [0.05, 0.1) is 18.6 Å². The smallest absolute Gasteiger partial charge is 0.115 e. The first kappa shape index (κ1) is 12.8. The summed E-state index contributed by atoms with van der Waals surface area (Å²) in [6, 6.07) is 15.4. The maximum atomic E-state index is 9.89. The predicted octanol–water partition coefficient (Wildman–Crippen LogP) is 2.72. The lowest BCUT2D eigenvalue weighted by atomic mass is 10.1. The molecule has 0 aliphatic carbocycles. The van der Waals surface area contributed by atoms with Crippen LogP contribution in [-0.4, -0.2) is 16.3 Å². The van der Waals surface area contributed by atoms with Crippen molar-refractivity contribution in [2.24, 2.45) is 0 Å². The zero-order valence-corrected chi connectivity index (χ0v) is 10.5. The molecule has 2 unspecified atom stereocenters. The van der Waals surface area contributed by atoms with Crippen LogP contribution in [0.25, 0.3) is 10.4 Å². The zero-order chi connectivity index (χ0) is 13.0. The molecule has 92 valence electrons. The molecule has 0 radical (unpaired) electrons. The van der Waals surface area contributed by atoms with Crippen LogP contribution in [-0.2, 0) is 0 Å². The van der Waals surface area contributed by atoms with E-state index in [9.17, 15) is 10.2 Å². The Morgan fingerprint density at radius 3 is 2.50 bits per heavy atom. The maximum Gasteiger partial charge on any atom is 0.115 e. The molecule has 1 aromatic heterocycles. The van der Waals surface area contributed by atoms with Crippen molar-refractivity contribution in [2.45, 2.75) is 18.6 Å². The first-order chi connectivity index (χ1) is 8.72. The summed E-state index contributed by atoms with van der Waals surface area (Å²) in [5.41, 5.74) is 1.08. The molecule has 0 saturated heterocycles. The van der Waals surface area contributed by atoms with Crippen molar-refractivity contribution in [3.05, 3.63) is 47.3 Å². The zero-order valence-electron chi connectivity index (χ0n) is 9.65. The van der Waals surface area contributed by atoms with Gasteiger partial charge in [0.2, 0.25) is 0 Å². The van der Waals surface area contributed by atoms with Gasteiger partial charge in [-0.1, -0.05) is 30.3 Å². The summed E-state index contributed by atoms with van der Waals surface area (Å²) in [7, 11) is 0. The molecule has 2 N–H and O–H groups in total.